The van der Waals surface area contributed by atoms with E-state index in [1.807, 2.05) is 0 Å². The first-order valence-corrected chi connectivity index (χ1v) is 6.17. The number of hydrogen-bond acceptors (Lipinski definition) is 3. The van der Waals surface area contributed by atoms with E-state index in [2.05, 4.69) is 4.74 Å². The molecule has 0 bridgehead atoms. The number of nitrogens with two attached hydrogens (primary N) is 1. The van der Waals surface area contributed by atoms with Crippen LogP contribution in [0.3, 0.4) is 0 Å². The van der Waals surface area contributed by atoms with Crippen molar-refractivity contribution >= 4 is 0 Å². The Balaban J connectivity index is 2.00. The van der Waals surface area contributed by atoms with Crippen LogP contribution in [-0.2, 0) is 4.74 Å². The molecule has 0 spiro atoms. The molecular weight excluding hydrogens is 259 g/mol. The number of rotatable bonds is 4. The van der Waals surface area contributed by atoms with Gasteiger partial charge in [0.25, 0.3) is 0 Å². The zero-order chi connectivity index (χ0) is 13.9. The smallest absolute Gasteiger partial charge is 0.406 e. The predicted octanol–water partition coefficient (Wildman–Crippen LogP) is 3.15. The molecule has 1 heterocycles. The van der Waals surface area contributed by atoms with E-state index in [4.69, 9.17) is 10.5 Å². The van der Waals surface area contributed by atoms with Gasteiger partial charge >= 0.3 is 6.36 Å². The zero-order valence-electron chi connectivity index (χ0n) is 10.3. The molecule has 2 unspecified atom stereocenters. The van der Waals surface area contributed by atoms with Crippen molar-refractivity contribution in [2.75, 3.05) is 6.61 Å². The Hall–Kier alpha value is -1.27. The number of halogens is 3. The first-order chi connectivity index (χ1) is 8.94. The van der Waals surface area contributed by atoms with E-state index in [-0.39, 0.29) is 17.9 Å². The molecule has 3 nitrogen and oxygen atoms in total. The second-order valence-electron chi connectivity index (χ2n) is 4.60. The predicted molar refractivity (Wildman–Crippen MR) is 63.6 cm³/mol. The second kappa shape index (κ2) is 5.79. The van der Waals surface area contributed by atoms with Gasteiger partial charge in [-0.1, -0.05) is 12.1 Å². The minimum Gasteiger partial charge on any atom is -0.406 e. The summed E-state index contributed by atoms with van der Waals surface area (Å²) in [4.78, 5) is 0. The molecule has 2 rings (SSSR count). The molecule has 2 atom stereocenters. The molecule has 0 amide bonds. The molecule has 1 aliphatic heterocycles. The summed E-state index contributed by atoms with van der Waals surface area (Å²) in [7, 11) is 0. The highest BCUT2D eigenvalue weighted by molar-refractivity contribution is 5.30. The summed E-state index contributed by atoms with van der Waals surface area (Å²) in [6.07, 6.45) is -2.02. The van der Waals surface area contributed by atoms with Crippen LogP contribution < -0.4 is 10.5 Å². The van der Waals surface area contributed by atoms with Gasteiger partial charge in [-0.15, -0.1) is 13.2 Å². The average molecular weight is 275 g/mol. The molecule has 19 heavy (non-hydrogen) atoms. The lowest BCUT2D eigenvalue weighted by molar-refractivity contribution is -0.274. The van der Waals surface area contributed by atoms with Gasteiger partial charge in [0.1, 0.15) is 5.75 Å². The summed E-state index contributed by atoms with van der Waals surface area (Å²) in [5.74, 6) is -0.243. The van der Waals surface area contributed by atoms with E-state index in [0.717, 1.165) is 19.4 Å². The summed E-state index contributed by atoms with van der Waals surface area (Å²) in [6, 6.07) is 5.44. The topological polar surface area (TPSA) is 44.5 Å². The number of ether oxygens (including phenoxy) is 2. The molecule has 0 saturated carbocycles. The van der Waals surface area contributed by atoms with Crippen LogP contribution in [0.4, 0.5) is 13.2 Å². The Morgan fingerprint density at radius 3 is 2.84 bits per heavy atom. The van der Waals surface area contributed by atoms with Crippen molar-refractivity contribution in [3.63, 3.8) is 0 Å². The van der Waals surface area contributed by atoms with Gasteiger partial charge in [0.15, 0.2) is 0 Å². The standard InChI is InChI=1S/C13H16F3NO2/c14-13(15,16)19-11-4-1-3-9(7-11)12(17)8-10-5-2-6-18-10/h1,3-4,7,10,12H,2,5-6,8,17H2. The summed E-state index contributed by atoms with van der Waals surface area (Å²) in [6.45, 7) is 0.731. The summed E-state index contributed by atoms with van der Waals surface area (Å²) in [5.41, 5.74) is 6.61. The Morgan fingerprint density at radius 2 is 2.21 bits per heavy atom. The molecule has 106 valence electrons. The highest BCUT2D eigenvalue weighted by atomic mass is 19.4. The highest BCUT2D eigenvalue weighted by Gasteiger charge is 2.31. The summed E-state index contributed by atoms with van der Waals surface area (Å²) >= 11 is 0. The molecule has 1 aromatic carbocycles. The average Bonchev–Trinajstić information content (AvgIpc) is 2.80. The maximum atomic E-state index is 12.1. The molecule has 1 aromatic rings. The van der Waals surface area contributed by atoms with Crippen LogP contribution >= 0.6 is 0 Å². The third-order valence-electron chi connectivity index (χ3n) is 3.06. The fourth-order valence-electron chi connectivity index (χ4n) is 2.19. The highest BCUT2D eigenvalue weighted by Crippen LogP contribution is 2.28. The fraction of sp³-hybridized carbons (Fsp3) is 0.538. The van der Waals surface area contributed by atoms with Crippen molar-refractivity contribution in [2.45, 2.75) is 37.8 Å². The van der Waals surface area contributed by atoms with Crippen molar-refractivity contribution < 1.29 is 22.6 Å². The van der Waals surface area contributed by atoms with Gasteiger partial charge in [0.2, 0.25) is 0 Å². The first kappa shape index (κ1) is 14.1. The van der Waals surface area contributed by atoms with Crippen molar-refractivity contribution in [1.29, 1.82) is 0 Å². The number of benzene rings is 1. The Kier molecular flexibility index (Phi) is 4.31. The van der Waals surface area contributed by atoms with Crippen molar-refractivity contribution in [3.05, 3.63) is 29.8 Å². The normalized spacial score (nSPS) is 21.4. The maximum Gasteiger partial charge on any atom is 0.573 e. The van der Waals surface area contributed by atoms with Gasteiger partial charge < -0.3 is 15.2 Å². The SMILES string of the molecule is NC(CC1CCCO1)c1cccc(OC(F)(F)F)c1. The third-order valence-corrected chi connectivity index (χ3v) is 3.06. The van der Waals surface area contributed by atoms with Crippen LogP contribution in [-0.4, -0.2) is 19.1 Å². The Labute approximate surface area is 109 Å². The van der Waals surface area contributed by atoms with E-state index >= 15 is 0 Å². The molecule has 6 heteroatoms. The van der Waals surface area contributed by atoms with E-state index in [1.54, 1.807) is 6.07 Å². The van der Waals surface area contributed by atoms with Crippen LogP contribution in [0.25, 0.3) is 0 Å². The molecule has 1 saturated heterocycles. The van der Waals surface area contributed by atoms with E-state index in [1.165, 1.54) is 18.2 Å². The molecule has 0 aliphatic carbocycles. The van der Waals surface area contributed by atoms with Gasteiger partial charge in [-0.2, -0.15) is 0 Å². The molecule has 1 aliphatic rings. The zero-order valence-corrected chi connectivity index (χ0v) is 10.3. The van der Waals surface area contributed by atoms with Gasteiger partial charge in [-0.05, 0) is 37.0 Å². The molecular formula is C13H16F3NO2. The lowest BCUT2D eigenvalue weighted by Gasteiger charge is -2.17. The number of hydrogen-bond donors (Lipinski definition) is 1. The molecule has 1 fully saturated rings. The van der Waals surface area contributed by atoms with Crippen molar-refractivity contribution in [1.82, 2.24) is 0 Å². The monoisotopic (exact) mass is 275 g/mol. The van der Waals surface area contributed by atoms with Gasteiger partial charge in [-0.3, -0.25) is 0 Å². The number of alkyl halides is 3. The Bertz CT molecular complexity index is 417. The van der Waals surface area contributed by atoms with Gasteiger partial charge in [0, 0.05) is 12.6 Å². The van der Waals surface area contributed by atoms with Crippen molar-refractivity contribution in [3.8, 4) is 5.75 Å². The van der Waals surface area contributed by atoms with Crippen LogP contribution in [0.15, 0.2) is 24.3 Å². The van der Waals surface area contributed by atoms with Gasteiger partial charge in [0.05, 0.1) is 6.10 Å². The third kappa shape index (κ3) is 4.40. The lowest BCUT2D eigenvalue weighted by atomic mass is 10.00. The van der Waals surface area contributed by atoms with Crippen molar-refractivity contribution in [2.24, 2.45) is 5.73 Å². The van der Waals surface area contributed by atoms with E-state index in [9.17, 15) is 13.2 Å². The quantitative estimate of drug-likeness (QED) is 0.918. The largest absolute Gasteiger partial charge is 0.573 e. The minimum atomic E-state index is -4.68. The van der Waals surface area contributed by atoms with Crippen LogP contribution in [0.1, 0.15) is 30.9 Å². The first-order valence-electron chi connectivity index (χ1n) is 6.17. The van der Waals surface area contributed by atoms with Crippen LogP contribution in [0.5, 0.6) is 5.75 Å². The molecule has 2 N–H and O–H groups in total. The summed E-state index contributed by atoms with van der Waals surface area (Å²) < 4.78 is 45.7. The van der Waals surface area contributed by atoms with Crippen LogP contribution in [0, 0.1) is 0 Å². The van der Waals surface area contributed by atoms with E-state index < -0.39 is 6.36 Å². The summed E-state index contributed by atoms with van der Waals surface area (Å²) in [5, 5.41) is 0. The van der Waals surface area contributed by atoms with Gasteiger partial charge in [-0.25, -0.2) is 0 Å². The fourth-order valence-corrected chi connectivity index (χ4v) is 2.19. The molecule has 0 radical (unpaired) electrons. The second-order valence-corrected chi connectivity index (χ2v) is 4.60. The lowest BCUT2D eigenvalue weighted by Crippen LogP contribution is -2.19. The minimum absolute atomic E-state index is 0.0993. The Morgan fingerprint density at radius 1 is 1.42 bits per heavy atom. The van der Waals surface area contributed by atoms with E-state index in [0.29, 0.717) is 12.0 Å². The maximum absolute atomic E-state index is 12.1. The molecule has 0 aromatic heterocycles. The van der Waals surface area contributed by atoms with Crippen LogP contribution in [0.2, 0.25) is 0 Å².